The molecule has 1 aromatic heterocycles. The fourth-order valence-electron chi connectivity index (χ4n) is 6.12. The van der Waals surface area contributed by atoms with Gasteiger partial charge in [0, 0.05) is 68.5 Å². The number of carboxylic acid groups (broad SMARTS) is 1. The lowest BCUT2D eigenvalue weighted by Crippen LogP contribution is -2.37. The van der Waals surface area contributed by atoms with Crippen molar-refractivity contribution in [2.24, 2.45) is 7.05 Å². The van der Waals surface area contributed by atoms with Crippen LogP contribution in [0.1, 0.15) is 48.7 Å². The quantitative estimate of drug-likeness (QED) is 0.355. The number of nitrogens with zero attached hydrogens (tertiary/aromatic N) is 4. The van der Waals surface area contributed by atoms with Crippen LogP contribution in [0.2, 0.25) is 0 Å². The predicted molar refractivity (Wildman–Crippen MR) is 162 cm³/mol. The van der Waals surface area contributed by atoms with E-state index in [4.69, 9.17) is 0 Å². The first-order chi connectivity index (χ1) is 20.2. The van der Waals surface area contributed by atoms with E-state index < -0.39 is 6.09 Å². The van der Waals surface area contributed by atoms with Crippen molar-refractivity contribution >= 4 is 23.6 Å². The number of rotatable bonds is 4. The average molecular weight is 563 g/mol. The zero-order valence-electron chi connectivity index (χ0n) is 24.1. The van der Waals surface area contributed by atoms with E-state index in [-0.39, 0.29) is 18.4 Å². The van der Waals surface area contributed by atoms with Crippen molar-refractivity contribution in [1.29, 1.82) is 0 Å². The number of benzene rings is 3. The fraction of sp³-hybridized carbons (Fsp3) is 0.265. The third-order valence-electron chi connectivity index (χ3n) is 8.76. The number of amides is 3. The van der Waals surface area contributed by atoms with E-state index in [1.54, 1.807) is 11.9 Å². The maximum absolute atomic E-state index is 14.2. The number of carbonyl (C=O) groups excluding carboxylic acids is 2. The third kappa shape index (κ3) is 4.83. The van der Waals surface area contributed by atoms with E-state index >= 15 is 0 Å². The van der Waals surface area contributed by atoms with Crippen LogP contribution in [0.4, 0.5) is 10.5 Å². The molecular weight excluding hydrogens is 528 g/mol. The van der Waals surface area contributed by atoms with Crippen LogP contribution in [0.5, 0.6) is 0 Å². The second-order valence-electron chi connectivity index (χ2n) is 11.2. The Kier molecular flexibility index (Phi) is 7.06. The van der Waals surface area contributed by atoms with Crippen LogP contribution in [-0.2, 0) is 33.0 Å². The van der Waals surface area contributed by atoms with E-state index in [1.807, 2.05) is 84.1 Å². The van der Waals surface area contributed by atoms with Crippen molar-refractivity contribution in [2.75, 3.05) is 25.0 Å². The van der Waals surface area contributed by atoms with Gasteiger partial charge < -0.3 is 24.4 Å². The first kappa shape index (κ1) is 27.3. The maximum atomic E-state index is 14.2. The average Bonchev–Trinajstić information content (AvgIpc) is 3.32. The van der Waals surface area contributed by atoms with Crippen LogP contribution < -0.4 is 4.90 Å². The van der Waals surface area contributed by atoms with Crippen LogP contribution in [-0.4, -0.2) is 57.5 Å². The molecule has 2 aliphatic rings. The highest BCUT2D eigenvalue weighted by Crippen LogP contribution is 2.35. The van der Waals surface area contributed by atoms with Crippen molar-refractivity contribution in [2.45, 2.75) is 32.9 Å². The Morgan fingerprint density at radius 3 is 2.14 bits per heavy atom. The summed E-state index contributed by atoms with van der Waals surface area (Å²) in [5.74, 6) is -0.223. The van der Waals surface area contributed by atoms with Gasteiger partial charge in [0.2, 0.25) is 0 Å². The van der Waals surface area contributed by atoms with Gasteiger partial charge in [0.05, 0.1) is 5.56 Å². The molecule has 0 saturated carbocycles. The lowest BCUT2D eigenvalue weighted by atomic mass is 9.91. The standard InChI is InChI=1S/C34H34N4O4/c1-22-28(32(39)36(3)27-11-5-4-6-12-27)19-31(35(22)2)29-17-24-14-16-38(34(41)42)21-26(24)18-30(29)33(40)37-15-13-23-9-7-8-10-25(23)20-37/h4-12,17-19H,13-16,20-21H2,1-3H3,(H,41,42). The van der Waals surface area contributed by atoms with Gasteiger partial charge in [0.1, 0.15) is 0 Å². The smallest absolute Gasteiger partial charge is 0.407 e. The topological polar surface area (TPSA) is 86.1 Å². The first-order valence-corrected chi connectivity index (χ1v) is 14.2. The van der Waals surface area contributed by atoms with E-state index in [2.05, 4.69) is 12.1 Å². The molecule has 8 heteroatoms. The highest BCUT2D eigenvalue weighted by atomic mass is 16.4. The molecule has 3 aromatic carbocycles. The molecule has 0 bridgehead atoms. The lowest BCUT2D eigenvalue weighted by molar-refractivity contribution is 0.0735. The van der Waals surface area contributed by atoms with Gasteiger partial charge in [-0.2, -0.15) is 0 Å². The molecule has 0 radical (unpaired) electrons. The van der Waals surface area contributed by atoms with Crippen molar-refractivity contribution in [1.82, 2.24) is 14.4 Å². The minimum Gasteiger partial charge on any atom is -0.465 e. The van der Waals surface area contributed by atoms with Crippen LogP contribution >= 0.6 is 0 Å². The first-order valence-electron chi connectivity index (χ1n) is 14.2. The molecule has 214 valence electrons. The zero-order chi connectivity index (χ0) is 29.5. The molecule has 0 spiro atoms. The number of hydrogen-bond donors (Lipinski definition) is 1. The van der Waals surface area contributed by atoms with Crippen molar-refractivity contribution in [3.8, 4) is 11.3 Å². The summed E-state index contributed by atoms with van der Waals surface area (Å²) in [6, 6.07) is 23.5. The second-order valence-corrected chi connectivity index (χ2v) is 11.2. The molecule has 2 aliphatic heterocycles. The summed E-state index contributed by atoms with van der Waals surface area (Å²) in [5, 5.41) is 9.63. The summed E-state index contributed by atoms with van der Waals surface area (Å²) >= 11 is 0. The Balaban J connectivity index is 1.43. The molecule has 1 N–H and O–H groups in total. The Bertz CT molecular complexity index is 1710. The summed E-state index contributed by atoms with van der Waals surface area (Å²) in [5.41, 5.74) is 8.50. The van der Waals surface area contributed by atoms with Crippen molar-refractivity contribution < 1.29 is 19.5 Å². The Morgan fingerprint density at radius 2 is 1.40 bits per heavy atom. The Labute approximate surface area is 245 Å². The lowest BCUT2D eigenvalue weighted by Gasteiger charge is -2.31. The largest absolute Gasteiger partial charge is 0.465 e. The molecule has 42 heavy (non-hydrogen) atoms. The molecule has 0 atom stereocenters. The highest BCUT2D eigenvalue weighted by molar-refractivity contribution is 6.08. The molecule has 0 aliphatic carbocycles. The van der Waals surface area contributed by atoms with E-state index in [9.17, 15) is 19.5 Å². The van der Waals surface area contributed by atoms with Crippen LogP contribution in [0.25, 0.3) is 11.3 Å². The van der Waals surface area contributed by atoms with Gasteiger partial charge >= 0.3 is 6.09 Å². The van der Waals surface area contributed by atoms with E-state index in [0.717, 1.165) is 45.7 Å². The molecule has 6 rings (SSSR count). The van der Waals surface area contributed by atoms with Crippen molar-refractivity contribution in [3.63, 3.8) is 0 Å². The number of carbonyl (C=O) groups is 3. The third-order valence-corrected chi connectivity index (χ3v) is 8.76. The predicted octanol–water partition coefficient (Wildman–Crippen LogP) is 5.51. The van der Waals surface area contributed by atoms with E-state index in [1.165, 1.54) is 10.5 Å². The minimum absolute atomic E-state index is 0.0946. The molecule has 0 fully saturated rings. The second kappa shape index (κ2) is 10.9. The molecule has 0 saturated heterocycles. The van der Waals surface area contributed by atoms with E-state index in [0.29, 0.717) is 37.2 Å². The number of anilines is 1. The number of fused-ring (bicyclic) bond motifs is 2. The van der Waals surface area contributed by atoms with Gasteiger partial charge in [0.15, 0.2) is 0 Å². The monoisotopic (exact) mass is 562 g/mol. The minimum atomic E-state index is -0.964. The summed E-state index contributed by atoms with van der Waals surface area (Å²) in [6.07, 6.45) is 0.378. The summed E-state index contributed by atoms with van der Waals surface area (Å²) < 4.78 is 1.97. The summed E-state index contributed by atoms with van der Waals surface area (Å²) in [6.45, 7) is 3.68. The zero-order valence-corrected chi connectivity index (χ0v) is 24.1. The number of aromatic nitrogens is 1. The summed E-state index contributed by atoms with van der Waals surface area (Å²) in [7, 11) is 3.68. The fourth-order valence-corrected chi connectivity index (χ4v) is 6.12. The molecule has 4 aromatic rings. The van der Waals surface area contributed by atoms with Crippen molar-refractivity contribution in [3.05, 3.63) is 112 Å². The van der Waals surface area contributed by atoms with Gasteiger partial charge in [-0.25, -0.2) is 4.79 Å². The molecule has 3 heterocycles. The molecular formula is C34H34N4O4. The van der Waals surface area contributed by atoms with Gasteiger partial charge in [0.25, 0.3) is 11.8 Å². The normalized spacial score (nSPS) is 14.3. The van der Waals surface area contributed by atoms with Gasteiger partial charge in [-0.1, -0.05) is 42.5 Å². The van der Waals surface area contributed by atoms with Crippen LogP contribution in [0.15, 0.2) is 72.8 Å². The highest BCUT2D eigenvalue weighted by Gasteiger charge is 2.30. The molecule has 3 amide bonds. The molecule has 8 nitrogen and oxygen atoms in total. The summed E-state index contributed by atoms with van der Waals surface area (Å²) in [4.78, 5) is 44.5. The Morgan fingerprint density at radius 1 is 0.762 bits per heavy atom. The SMILES string of the molecule is Cc1c(C(=O)N(C)c2ccccc2)cc(-c2cc3c(cc2C(=O)N2CCc4ccccc4C2)CN(C(=O)O)CC3)n1C. The number of hydrogen-bond acceptors (Lipinski definition) is 3. The number of para-hydroxylation sites is 1. The van der Waals surface area contributed by atoms with Crippen LogP contribution in [0, 0.1) is 6.92 Å². The van der Waals surface area contributed by atoms with Gasteiger partial charge in [-0.15, -0.1) is 0 Å². The van der Waals surface area contributed by atoms with Gasteiger partial charge in [-0.3, -0.25) is 9.59 Å². The van der Waals surface area contributed by atoms with Crippen LogP contribution in [0.3, 0.4) is 0 Å². The maximum Gasteiger partial charge on any atom is 0.407 e. The Hall–Kier alpha value is -4.85. The van der Waals surface area contributed by atoms with Gasteiger partial charge in [-0.05, 0) is 72.4 Å². The molecule has 0 unspecified atom stereocenters.